The summed E-state index contributed by atoms with van der Waals surface area (Å²) in [6.07, 6.45) is 0.0897. The van der Waals surface area contributed by atoms with Crippen LogP contribution in [0.3, 0.4) is 0 Å². The van der Waals surface area contributed by atoms with E-state index in [0.717, 1.165) is 10.6 Å². The Bertz CT molecular complexity index is 539. The van der Waals surface area contributed by atoms with Gasteiger partial charge in [0.1, 0.15) is 6.07 Å². The van der Waals surface area contributed by atoms with E-state index in [1.807, 2.05) is 24.3 Å². The molecule has 0 unspecified atom stereocenters. The highest BCUT2D eigenvalue weighted by Crippen LogP contribution is 2.34. The van der Waals surface area contributed by atoms with Gasteiger partial charge in [0, 0.05) is 11.4 Å². The average Bonchev–Trinajstić information content (AvgIpc) is 2.44. The molecular formula is C13H12N2O3S. The van der Waals surface area contributed by atoms with Gasteiger partial charge in [-0.2, -0.15) is 5.26 Å². The summed E-state index contributed by atoms with van der Waals surface area (Å²) >= 11 is 1.50. The number of para-hydroxylation sites is 1. The second-order valence-corrected chi connectivity index (χ2v) is 4.89. The fraction of sp³-hybridized carbons (Fsp3) is 0.308. The maximum atomic E-state index is 11.9. The molecule has 1 aliphatic rings. The largest absolute Gasteiger partial charge is 0.450 e. The van der Waals surface area contributed by atoms with Crippen LogP contribution in [0.5, 0.6) is 0 Å². The standard InChI is InChI=1S/C13H12N2O3S/c14-6-8-18-13(17)5-7-15-10-3-1-2-4-11(10)19-9-12(15)16/h1-4H,5,7-9H2. The van der Waals surface area contributed by atoms with Crippen molar-refractivity contribution in [3.05, 3.63) is 24.3 Å². The number of carbonyl (C=O) groups is 2. The zero-order valence-electron chi connectivity index (χ0n) is 10.2. The minimum Gasteiger partial charge on any atom is -0.450 e. The number of anilines is 1. The number of nitrogens with zero attached hydrogens (tertiary/aromatic N) is 2. The van der Waals surface area contributed by atoms with E-state index >= 15 is 0 Å². The molecule has 98 valence electrons. The van der Waals surface area contributed by atoms with Crippen molar-refractivity contribution in [1.82, 2.24) is 0 Å². The molecule has 0 spiro atoms. The third kappa shape index (κ3) is 3.26. The van der Waals surface area contributed by atoms with E-state index < -0.39 is 5.97 Å². The number of fused-ring (bicyclic) bond motifs is 1. The van der Waals surface area contributed by atoms with Crippen LogP contribution in [-0.2, 0) is 14.3 Å². The van der Waals surface area contributed by atoms with Crippen molar-refractivity contribution in [2.24, 2.45) is 0 Å². The Morgan fingerprint density at radius 1 is 1.47 bits per heavy atom. The first-order chi connectivity index (χ1) is 9.22. The number of thioether (sulfide) groups is 1. The number of amides is 1. The number of benzene rings is 1. The predicted octanol–water partition coefficient (Wildman–Crippen LogP) is 1.58. The molecule has 0 saturated heterocycles. The van der Waals surface area contributed by atoms with Crippen LogP contribution >= 0.6 is 11.8 Å². The highest BCUT2D eigenvalue weighted by atomic mass is 32.2. The Labute approximate surface area is 115 Å². The van der Waals surface area contributed by atoms with Gasteiger partial charge in [0.2, 0.25) is 5.91 Å². The highest BCUT2D eigenvalue weighted by molar-refractivity contribution is 8.00. The highest BCUT2D eigenvalue weighted by Gasteiger charge is 2.24. The molecule has 0 fully saturated rings. The number of hydrogen-bond acceptors (Lipinski definition) is 5. The van der Waals surface area contributed by atoms with Crippen molar-refractivity contribution in [3.63, 3.8) is 0 Å². The monoisotopic (exact) mass is 276 g/mol. The molecule has 0 saturated carbocycles. The van der Waals surface area contributed by atoms with Crippen molar-refractivity contribution < 1.29 is 14.3 Å². The lowest BCUT2D eigenvalue weighted by molar-refractivity contribution is -0.141. The minimum absolute atomic E-state index is 0.0169. The Morgan fingerprint density at radius 3 is 3.05 bits per heavy atom. The van der Waals surface area contributed by atoms with Crippen LogP contribution in [0.1, 0.15) is 6.42 Å². The van der Waals surface area contributed by atoms with E-state index in [0.29, 0.717) is 5.75 Å². The number of nitriles is 1. The van der Waals surface area contributed by atoms with Gasteiger partial charge in [0.25, 0.3) is 0 Å². The summed E-state index contributed by atoms with van der Waals surface area (Å²) in [6, 6.07) is 9.32. The van der Waals surface area contributed by atoms with Crippen molar-refractivity contribution in [1.29, 1.82) is 5.26 Å². The Kier molecular flexibility index (Phi) is 4.42. The smallest absolute Gasteiger partial charge is 0.308 e. The van der Waals surface area contributed by atoms with Crippen LogP contribution in [0, 0.1) is 11.3 Å². The summed E-state index contributed by atoms with van der Waals surface area (Å²) < 4.78 is 4.66. The van der Waals surface area contributed by atoms with Crippen LogP contribution < -0.4 is 4.90 Å². The van der Waals surface area contributed by atoms with Crippen LogP contribution in [0.2, 0.25) is 0 Å². The van der Waals surface area contributed by atoms with Gasteiger partial charge in [-0.1, -0.05) is 12.1 Å². The maximum absolute atomic E-state index is 11.9. The summed E-state index contributed by atoms with van der Waals surface area (Å²) in [6.45, 7) is 0.0277. The average molecular weight is 276 g/mol. The third-order valence-electron chi connectivity index (χ3n) is 2.65. The molecule has 6 heteroatoms. The van der Waals surface area contributed by atoms with Crippen molar-refractivity contribution in [2.75, 3.05) is 23.8 Å². The lowest BCUT2D eigenvalue weighted by Gasteiger charge is -2.28. The topological polar surface area (TPSA) is 70.4 Å². The molecule has 1 aromatic carbocycles. The molecule has 5 nitrogen and oxygen atoms in total. The summed E-state index contributed by atoms with van der Waals surface area (Å²) in [5, 5.41) is 8.31. The van der Waals surface area contributed by atoms with E-state index in [-0.39, 0.29) is 25.5 Å². The molecule has 0 radical (unpaired) electrons. The molecule has 0 N–H and O–H groups in total. The Hall–Kier alpha value is -2.00. The Balaban J connectivity index is 2.02. The summed E-state index contributed by atoms with van der Waals surface area (Å²) in [5.41, 5.74) is 0.830. The SMILES string of the molecule is N#CCOC(=O)CCN1C(=O)CSc2ccccc21. The number of hydrogen-bond donors (Lipinski definition) is 0. The van der Waals surface area contributed by atoms with E-state index in [2.05, 4.69) is 4.74 Å². The number of carbonyl (C=O) groups excluding carboxylic acids is 2. The molecule has 0 bridgehead atoms. The fourth-order valence-electron chi connectivity index (χ4n) is 1.79. The van der Waals surface area contributed by atoms with Gasteiger partial charge in [-0.25, -0.2) is 0 Å². The van der Waals surface area contributed by atoms with Crippen LogP contribution in [-0.4, -0.2) is 30.8 Å². The molecule has 19 heavy (non-hydrogen) atoms. The third-order valence-corrected chi connectivity index (χ3v) is 3.69. The second kappa shape index (κ2) is 6.25. The zero-order valence-corrected chi connectivity index (χ0v) is 11.0. The van der Waals surface area contributed by atoms with Gasteiger partial charge < -0.3 is 9.64 Å². The molecule has 0 atom stereocenters. The molecule has 1 amide bonds. The summed E-state index contributed by atoms with van der Waals surface area (Å²) in [7, 11) is 0. The summed E-state index contributed by atoms with van der Waals surface area (Å²) in [4.78, 5) is 25.9. The molecule has 0 aromatic heterocycles. The molecule has 0 aliphatic carbocycles. The molecule has 1 heterocycles. The molecule has 1 aliphatic heterocycles. The van der Waals surface area contributed by atoms with Gasteiger partial charge in [-0.05, 0) is 12.1 Å². The van der Waals surface area contributed by atoms with Crippen molar-refractivity contribution in [2.45, 2.75) is 11.3 Å². The number of esters is 1. The van der Waals surface area contributed by atoms with Gasteiger partial charge in [0.15, 0.2) is 6.61 Å². The first kappa shape index (κ1) is 13.4. The van der Waals surface area contributed by atoms with Gasteiger partial charge >= 0.3 is 5.97 Å². The van der Waals surface area contributed by atoms with E-state index in [4.69, 9.17) is 5.26 Å². The zero-order chi connectivity index (χ0) is 13.7. The molecular weight excluding hydrogens is 264 g/mol. The maximum Gasteiger partial charge on any atom is 0.308 e. The van der Waals surface area contributed by atoms with Gasteiger partial charge in [-0.3, -0.25) is 9.59 Å². The Morgan fingerprint density at radius 2 is 2.26 bits per heavy atom. The van der Waals surface area contributed by atoms with E-state index in [1.165, 1.54) is 11.8 Å². The normalized spacial score (nSPS) is 13.6. The first-order valence-corrected chi connectivity index (χ1v) is 6.75. The first-order valence-electron chi connectivity index (χ1n) is 5.77. The molecule has 2 rings (SSSR count). The second-order valence-electron chi connectivity index (χ2n) is 3.87. The quantitative estimate of drug-likeness (QED) is 0.781. The van der Waals surface area contributed by atoms with Crippen molar-refractivity contribution in [3.8, 4) is 6.07 Å². The fourth-order valence-corrected chi connectivity index (χ4v) is 2.72. The summed E-state index contributed by atoms with van der Waals surface area (Å²) in [5.74, 6) is -0.105. The molecule has 1 aromatic rings. The minimum atomic E-state index is -0.468. The van der Waals surface area contributed by atoms with E-state index in [9.17, 15) is 9.59 Å². The van der Waals surface area contributed by atoms with Gasteiger partial charge in [-0.15, -0.1) is 11.8 Å². The van der Waals surface area contributed by atoms with Crippen LogP contribution in [0.15, 0.2) is 29.2 Å². The predicted molar refractivity (Wildman–Crippen MR) is 70.7 cm³/mol. The number of rotatable bonds is 4. The lowest BCUT2D eigenvalue weighted by Crippen LogP contribution is -2.37. The lowest BCUT2D eigenvalue weighted by atomic mass is 10.2. The van der Waals surface area contributed by atoms with Crippen LogP contribution in [0.4, 0.5) is 5.69 Å². The van der Waals surface area contributed by atoms with Crippen LogP contribution in [0.25, 0.3) is 0 Å². The van der Waals surface area contributed by atoms with E-state index in [1.54, 1.807) is 11.0 Å². The van der Waals surface area contributed by atoms with Crippen molar-refractivity contribution >= 4 is 29.3 Å². The van der Waals surface area contributed by atoms with Gasteiger partial charge in [0.05, 0.1) is 17.9 Å². The number of ether oxygens (including phenoxy) is 1.